The Morgan fingerprint density at radius 2 is 1.54 bits per heavy atom. The number of likely N-dealkylation sites (tertiary alicyclic amines) is 1. The second-order valence-electron chi connectivity index (χ2n) is 7.83. The van der Waals surface area contributed by atoms with Gasteiger partial charge in [0.2, 0.25) is 11.8 Å². The highest BCUT2D eigenvalue weighted by Crippen LogP contribution is 2.16. The predicted molar refractivity (Wildman–Crippen MR) is 111 cm³/mol. The predicted octanol–water partition coefficient (Wildman–Crippen LogP) is 2.15. The molecular weight excluding hydrogens is 376 g/mol. The number of hydrogen-bond donors (Lipinski definition) is 1. The van der Waals surface area contributed by atoms with Crippen molar-refractivity contribution in [2.45, 2.75) is 32.2 Å². The van der Waals surface area contributed by atoms with Crippen LogP contribution in [-0.4, -0.2) is 78.9 Å². The van der Waals surface area contributed by atoms with E-state index in [2.05, 4.69) is 15.1 Å². The summed E-state index contributed by atoms with van der Waals surface area (Å²) in [7, 11) is 0. The largest absolute Gasteiger partial charge is 0.348 e. The minimum atomic E-state index is -0.0497. The maximum Gasteiger partial charge on any atom is 0.236 e. The van der Waals surface area contributed by atoms with Gasteiger partial charge in [-0.05, 0) is 57.0 Å². The molecule has 2 heterocycles. The number of carbonyl (C=O) groups excluding carboxylic acids is 2. The van der Waals surface area contributed by atoms with Crippen molar-refractivity contribution in [3.05, 3.63) is 34.9 Å². The molecule has 0 aromatic heterocycles. The average Bonchev–Trinajstić information content (AvgIpc) is 3.12. The van der Waals surface area contributed by atoms with Crippen molar-refractivity contribution in [1.29, 1.82) is 0 Å². The quantitative estimate of drug-likeness (QED) is 0.786. The van der Waals surface area contributed by atoms with Gasteiger partial charge in [-0.25, -0.2) is 0 Å². The van der Waals surface area contributed by atoms with Crippen LogP contribution < -0.4 is 5.32 Å². The molecule has 0 bridgehead atoms. The van der Waals surface area contributed by atoms with E-state index >= 15 is 0 Å². The molecule has 1 unspecified atom stereocenters. The number of amides is 2. The number of carbonyl (C=O) groups is 2. The van der Waals surface area contributed by atoms with Gasteiger partial charge in [0.15, 0.2) is 0 Å². The Balaban J connectivity index is 1.41. The second kappa shape index (κ2) is 10.2. The van der Waals surface area contributed by atoms with E-state index in [1.165, 1.54) is 0 Å². The first-order valence-corrected chi connectivity index (χ1v) is 10.7. The van der Waals surface area contributed by atoms with Crippen LogP contribution in [0.3, 0.4) is 0 Å². The monoisotopic (exact) mass is 406 g/mol. The fourth-order valence-electron chi connectivity index (χ4n) is 3.92. The average molecular weight is 407 g/mol. The summed E-state index contributed by atoms with van der Waals surface area (Å²) in [5, 5.41) is 3.76. The molecule has 6 nitrogen and oxygen atoms in total. The molecular formula is C21H31ClN4O2. The second-order valence-corrected chi connectivity index (χ2v) is 8.27. The Hall–Kier alpha value is -1.63. The molecule has 2 aliphatic heterocycles. The lowest BCUT2D eigenvalue weighted by Crippen LogP contribution is -2.42. The highest BCUT2D eigenvalue weighted by Gasteiger charge is 2.23. The van der Waals surface area contributed by atoms with E-state index in [9.17, 15) is 9.59 Å². The van der Waals surface area contributed by atoms with Crippen LogP contribution in [0.4, 0.5) is 0 Å². The van der Waals surface area contributed by atoms with Crippen molar-refractivity contribution in [1.82, 2.24) is 20.0 Å². The highest BCUT2D eigenvalue weighted by molar-refractivity contribution is 6.30. The van der Waals surface area contributed by atoms with Crippen LogP contribution in [0.1, 0.15) is 37.8 Å². The van der Waals surface area contributed by atoms with Crippen LogP contribution in [0.25, 0.3) is 0 Å². The van der Waals surface area contributed by atoms with Crippen LogP contribution >= 0.6 is 11.6 Å². The lowest BCUT2D eigenvalue weighted by molar-refractivity contribution is -0.131. The molecule has 0 spiro atoms. The molecule has 3 rings (SSSR count). The molecule has 28 heavy (non-hydrogen) atoms. The van der Waals surface area contributed by atoms with Crippen molar-refractivity contribution in [3.63, 3.8) is 0 Å². The first kappa shape index (κ1) is 21.1. The van der Waals surface area contributed by atoms with Gasteiger partial charge in [-0.1, -0.05) is 23.7 Å². The van der Waals surface area contributed by atoms with Gasteiger partial charge in [0.05, 0.1) is 19.1 Å². The van der Waals surface area contributed by atoms with Gasteiger partial charge in [0, 0.05) is 31.2 Å². The van der Waals surface area contributed by atoms with Gasteiger partial charge in [-0.3, -0.25) is 19.4 Å². The molecule has 2 fully saturated rings. The van der Waals surface area contributed by atoms with Crippen LogP contribution in [0.15, 0.2) is 24.3 Å². The molecule has 0 aliphatic carbocycles. The zero-order valence-electron chi connectivity index (χ0n) is 16.7. The first-order valence-electron chi connectivity index (χ1n) is 10.3. The lowest BCUT2D eigenvalue weighted by atomic mass is 10.1. The number of nitrogens with zero attached hydrogens (tertiary/aromatic N) is 3. The zero-order valence-corrected chi connectivity index (χ0v) is 17.5. The Bertz CT molecular complexity index is 661. The molecule has 1 atom stereocenters. The number of benzene rings is 1. The molecule has 1 N–H and O–H groups in total. The summed E-state index contributed by atoms with van der Waals surface area (Å²) >= 11 is 5.92. The summed E-state index contributed by atoms with van der Waals surface area (Å²) in [4.78, 5) is 31.2. The smallest absolute Gasteiger partial charge is 0.236 e. The van der Waals surface area contributed by atoms with Gasteiger partial charge in [-0.2, -0.15) is 0 Å². The van der Waals surface area contributed by atoms with Gasteiger partial charge in [0.25, 0.3) is 0 Å². The zero-order chi connectivity index (χ0) is 19.9. The molecule has 0 radical (unpaired) electrons. The van der Waals surface area contributed by atoms with Crippen LogP contribution in [-0.2, 0) is 9.59 Å². The third kappa shape index (κ3) is 6.19. The number of rotatable bonds is 6. The Morgan fingerprint density at radius 3 is 2.18 bits per heavy atom. The Morgan fingerprint density at radius 1 is 0.929 bits per heavy atom. The molecule has 0 saturated carbocycles. The lowest BCUT2D eigenvalue weighted by Gasteiger charge is -2.24. The van der Waals surface area contributed by atoms with E-state index in [1.807, 2.05) is 36.1 Å². The van der Waals surface area contributed by atoms with Crippen molar-refractivity contribution in [2.75, 3.05) is 52.4 Å². The van der Waals surface area contributed by atoms with Crippen LogP contribution in [0.5, 0.6) is 0 Å². The minimum absolute atomic E-state index is 0.0315. The van der Waals surface area contributed by atoms with Gasteiger partial charge in [0.1, 0.15) is 0 Å². The summed E-state index contributed by atoms with van der Waals surface area (Å²) in [6.07, 6.45) is 3.24. The highest BCUT2D eigenvalue weighted by atomic mass is 35.5. The van der Waals surface area contributed by atoms with Crippen molar-refractivity contribution in [3.8, 4) is 0 Å². The summed E-state index contributed by atoms with van der Waals surface area (Å²) in [6, 6.07) is 7.51. The first-order chi connectivity index (χ1) is 13.5. The van der Waals surface area contributed by atoms with Gasteiger partial charge < -0.3 is 10.2 Å². The third-order valence-corrected chi connectivity index (χ3v) is 5.87. The normalized spacial score (nSPS) is 20.0. The van der Waals surface area contributed by atoms with E-state index in [1.54, 1.807) is 0 Å². The molecule has 1 aromatic rings. The third-order valence-electron chi connectivity index (χ3n) is 5.61. The maximum atomic E-state index is 12.5. The van der Waals surface area contributed by atoms with Crippen molar-refractivity contribution >= 4 is 23.4 Å². The van der Waals surface area contributed by atoms with E-state index in [0.717, 1.165) is 64.1 Å². The molecule has 154 valence electrons. The topological polar surface area (TPSA) is 55.9 Å². The van der Waals surface area contributed by atoms with Crippen LogP contribution in [0, 0.1) is 0 Å². The van der Waals surface area contributed by atoms with Crippen molar-refractivity contribution < 1.29 is 9.59 Å². The number of hydrogen-bond acceptors (Lipinski definition) is 4. The summed E-state index contributed by atoms with van der Waals surface area (Å²) < 4.78 is 0. The molecule has 2 aliphatic rings. The van der Waals surface area contributed by atoms with E-state index in [-0.39, 0.29) is 17.9 Å². The van der Waals surface area contributed by atoms with E-state index in [4.69, 9.17) is 11.6 Å². The molecule has 7 heteroatoms. The maximum absolute atomic E-state index is 12.5. The molecule has 1 aromatic carbocycles. The SMILES string of the molecule is CC(NC(=O)CN1CCCN(CC(=O)N2CCCC2)CC1)c1ccc(Cl)cc1. The Labute approximate surface area is 172 Å². The fraction of sp³-hybridized carbons (Fsp3) is 0.619. The van der Waals surface area contributed by atoms with Gasteiger partial charge >= 0.3 is 0 Å². The number of halogens is 1. The molecule has 2 amide bonds. The molecule has 2 saturated heterocycles. The number of nitrogens with one attached hydrogen (secondary N) is 1. The summed E-state index contributed by atoms with van der Waals surface area (Å²) in [5.41, 5.74) is 1.04. The summed E-state index contributed by atoms with van der Waals surface area (Å²) in [5.74, 6) is 0.282. The fourth-order valence-corrected chi connectivity index (χ4v) is 4.05. The van der Waals surface area contributed by atoms with E-state index < -0.39 is 0 Å². The summed E-state index contributed by atoms with van der Waals surface area (Å²) in [6.45, 7) is 8.15. The van der Waals surface area contributed by atoms with E-state index in [0.29, 0.717) is 18.1 Å². The Kier molecular flexibility index (Phi) is 7.71. The minimum Gasteiger partial charge on any atom is -0.348 e. The van der Waals surface area contributed by atoms with Gasteiger partial charge in [-0.15, -0.1) is 0 Å². The van der Waals surface area contributed by atoms with Crippen LogP contribution in [0.2, 0.25) is 5.02 Å². The van der Waals surface area contributed by atoms with Crippen molar-refractivity contribution in [2.24, 2.45) is 0 Å². The standard InChI is InChI=1S/C21H31ClN4O2/c1-17(18-5-7-19(22)8-6-18)23-20(27)15-24-9-4-10-25(14-13-24)16-21(28)26-11-2-3-12-26/h5-8,17H,2-4,9-16H2,1H3,(H,23,27).